The molecule has 0 aromatic carbocycles. The predicted molar refractivity (Wildman–Crippen MR) is 102 cm³/mol. The van der Waals surface area contributed by atoms with Gasteiger partial charge in [-0.15, -0.1) is 35.3 Å². The van der Waals surface area contributed by atoms with Crippen LogP contribution in [-0.2, 0) is 6.54 Å². The average Bonchev–Trinajstić information content (AvgIpc) is 3.07. The zero-order chi connectivity index (χ0) is 14.4. The van der Waals surface area contributed by atoms with E-state index in [9.17, 15) is 0 Å². The van der Waals surface area contributed by atoms with Crippen molar-refractivity contribution in [3.8, 4) is 0 Å². The fraction of sp³-hybridized carbons (Fsp3) is 0.714. The SMILES string of the molecule is CCNC(=NCc1csc(N(C)C)n1)NC1CCCC1.I. The maximum Gasteiger partial charge on any atom is 0.191 e. The number of hydrogen-bond donors (Lipinski definition) is 2. The number of aliphatic imine (C=N–C) groups is 1. The minimum atomic E-state index is 0. The average molecular weight is 423 g/mol. The lowest BCUT2D eigenvalue weighted by atomic mass is 10.2. The first-order chi connectivity index (χ1) is 9.69. The molecule has 0 bridgehead atoms. The van der Waals surface area contributed by atoms with Crippen LogP contribution in [0.1, 0.15) is 38.3 Å². The van der Waals surface area contributed by atoms with E-state index in [-0.39, 0.29) is 24.0 Å². The van der Waals surface area contributed by atoms with E-state index < -0.39 is 0 Å². The summed E-state index contributed by atoms with van der Waals surface area (Å²) in [6, 6.07) is 0.584. The van der Waals surface area contributed by atoms with Gasteiger partial charge in [0.05, 0.1) is 12.2 Å². The van der Waals surface area contributed by atoms with E-state index in [4.69, 9.17) is 0 Å². The molecule has 0 radical (unpaired) electrons. The van der Waals surface area contributed by atoms with Gasteiger partial charge in [0.15, 0.2) is 11.1 Å². The van der Waals surface area contributed by atoms with Crippen LogP contribution < -0.4 is 15.5 Å². The summed E-state index contributed by atoms with van der Waals surface area (Å²) in [7, 11) is 4.02. The molecule has 120 valence electrons. The van der Waals surface area contributed by atoms with Crippen molar-refractivity contribution in [2.75, 3.05) is 25.5 Å². The Morgan fingerprint density at radius 3 is 2.71 bits per heavy atom. The largest absolute Gasteiger partial charge is 0.357 e. The Kier molecular flexibility index (Phi) is 8.31. The van der Waals surface area contributed by atoms with Crippen LogP contribution in [0.3, 0.4) is 0 Å². The molecule has 1 aliphatic carbocycles. The van der Waals surface area contributed by atoms with Crippen molar-refractivity contribution < 1.29 is 0 Å². The van der Waals surface area contributed by atoms with E-state index >= 15 is 0 Å². The van der Waals surface area contributed by atoms with Crippen molar-refractivity contribution in [1.82, 2.24) is 15.6 Å². The number of rotatable bonds is 5. The normalized spacial score (nSPS) is 15.7. The fourth-order valence-corrected chi connectivity index (χ4v) is 3.07. The number of nitrogens with zero attached hydrogens (tertiary/aromatic N) is 3. The maximum atomic E-state index is 4.64. The van der Waals surface area contributed by atoms with Crippen molar-refractivity contribution in [2.24, 2.45) is 4.99 Å². The van der Waals surface area contributed by atoms with Gasteiger partial charge in [-0.3, -0.25) is 0 Å². The third-order valence-corrected chi connectivity index (χ3v) is 4.42. The molecule has 1 aromatic heterocycles. The summed E-state index contributed by atoms with van der Waals surface area (Å²) in [5.74, 6) is 0.916. The molecule has 1 saturated carbocycles. The predicted octanol–water partition coefficient (Wildman–Crippen LogP) is 2.82. The summed E-state index contributed by atoms with van der Waals surface area (Å²) in [5, 5.41) is 9.95. The van der Waals surface area contributed by atoms with Crippen LogP contribution in [0.15, 0.2) is 10.4 Å². The van der Waals surface area contributed by atoms with Crippen molar-refractivity contribution in [3.05, 3.63) is 11.1 Å². The summed E-state index contributed by atoms with van der Waals surface area (Å²) in [5.41, 5.74) is 1.03. The van der Waals surface area contributed by atoms with E-state index in [0.717, 1.165) is 23.3 Å². The topological polar surface area (TPSA) is 52.6 Å². The number of nitrogens with one attached hydrogen (secondary N) is 2. The second kappa shape index (κ2) is 9.45. The van der Waals surface area contributed by atoms with Gasteiger partial charge in [-0.1, -0.05) is 12.8 Å². The van der Waals surface area contributed by atoms with Crippen LogP contribution in [0.25, 0.3) is 0 Å². The minimum absolute atomic E-state index is 0. The van der Waals surface area contributed by atoms with Crippen LogP contribution >= 0.6 is 35.3 Å². The van der Waals surface area contributed by atoms with Gasteiger partial charge in [0, 0.05) is 32.1 Å². The molecule has 0 atom stereocenters. The Balaban J connectivity index is 0.00000220. The molecule has 0 amide bonds. The molecule has 5 nitrogen and oxygen atoms in total. The van der Waals surface area contributed by atoms with Crippen molar-refractivity contribution in [2.45, 2.75) is 45.2 Å². The van der Waals surface area contributed by atoms with E-state index in [2.05, 4.69) is 32.9 Å². The summed E-state index contributed by atoms with van der Waals surface area (Å²) in [4.78, 5) is 11.2. The van der Waals surface area contributed by atoms with Gasteiger partial charge in [0.1, 0.15) is 0 Å². The van der Waals surface area contributed by atoms with Gasteiger partial charge in [-0.2, -0.15) is 0 Å². The standard InChI is InChI=1S/C14H25N5S.HI/c1-4-15-13(17-11-7-5-6-8-11)16-9-12-10-20-14(18-12)19(2)3;/h10-11H,4-9H2,1-3H3,(H2,15,16,17);1H. The highest BCUT2D eigenvalue weighted by Gasteiger charge is 2.15. The highest BCUT2D eigenvalue weighted by atomic mass is 127. The highest BCUT2D eigenvalue weighted by molar-refractivity contribution is 14.0. The Bertz CT molecular complexity index is 440. The molecule has 1 heterocycles. The van der Waals surface area contributed by atoms with Gasteiger partial charge in [0.2, 0.25) is 0 Å². The number of thiazole rings is 1. The van der Waals surface area contributed by atoms with Gasteiger partial charge in [-0.25, -0.2) is 9.98 Å². The Morgan fingerprint density at radius 1 is 1.43 bits per heavy atom. The number of anilines is 1. The van der Waals surface area contributed by atoms with Crippen molar-refractivity contribution in [1.29, 1.82) is 0 Å². The smallest absolute Gasteiger partial charge is 0.191 e. The monoisotopic (exact) mass is 423 g/mol. The van der Waals surface area contributed by atoms with E-state index in [0.29, 0.717) is 12.6 Å². The third-order valence-electron chi connectivity index (χ3n) is 3.36. The number of halogens is 1. The Morgan fingerprint density at radius 2 is 2.14 bits per heavy atom. The molecule has 1 fully saturated rings. The summed E-state index contributed by atoms with van der Waals surface area (Å²) >= 11 is 1.66. The van der Waals surface area contributed by atoms with Crippen LogP contribution in [0.5, 0.6) is 0 Å². The number of aromatic nitrogens is 1. The van der Waals surface area contributed by atoms with Gasteiger partial charge in [0.25, 0.3) is 0 Å². The summed E-state index contributed by atoms with van der Waals surface area (Å²) < 4.78 is 0. The van der Waals surface area contributed by atoms with Crippen LogP contribution in [0, 0.1) is 0 Å². The lowest BCUT2D eigenvalue weighted by molar-refractivity contribution is 0.613. The molecular formula is C14H26IN5S. The van der Waals surface area contributed by atoms with Crippen molar-refractivity contribution in [3.63, 3.8) is 0 Å². The first-order valence-electron chi connectivity index (χ1n) is 7.35. The van der Waals surface area contributed by atoms with Gasteiger partial charge < -0.3 is 15.5 Å². The zero-order valence-corrected chi connectivity index (χ0v) is 16.2. The van der Waals surface area contributed by atoms with Crippen LogP contribution in [-0.4, -0.2) is 37.6 Å². The maximum absolute atomic E-state index is 4.64. The fourth-order valence-electron chi connectivity index (χ4n) is 2.32. The second-order valence-electron chi connectivity index (χ2n) is 5.34. The van der Waals surface area contributed by atoms with Crippen LogP contribution in [0.2, 0.25) is 0 Å². The second-order valence-corrected chi connectivity index (χ2v) is 6.17. The molecule has 1 aliphatic rings. The molecule has 0 unspecified atom stereocenters. The third kappa shape index (κ3) is 5.98. The minimum Gasteiger partial charge on any atom is -0.357 e. The van der Waals surface area contributed by atoms with Gasteiger partial charge in [-0.05, 0) is 19.8 Å². The van der Waals surface area contributed by atoms with Crippen molar-refractivity contribution >= 4 is 46.4 Å². The molecule has 7 heteroatoms. The van der Waals surface area contributed by atoms with Crippen LogP contribution in [0.4, 0.5) is 5.13 Å². The molecule has 2 N–H and O–H groups in total. The van der Waals surface area contributed by atoms with E-state index in [1.807, 2.05) is 19.0 Å². The first kappa shape index (κ1) is 18.5. The number of hydrogen-bond acceptors (Lipinski definition) is 4. The summed E-state index contributed by atoms with van der Waals surface area (Å²) in [6.07, 6.45) is 5.17. The zero-order valence-electron chi connectivity index (χ0n) is 13.1. The number of guanidine groups is 1. The van der Waals surface area contributed by atoms with E-state index in [1.54, 1.807) is 11.3 Å². The Labute approximate surface area is 148 Å². The molecule has 0 saturated heterocycles. The molecular weight excluding hydrogens is 397 g/mol. The molecule has 0 spiro atoms. The van der Waals surface area contributed by atoms with Gasteiger partial charge >= 0.3 is 0 Å². The molecule has 21 heavy (non-hydrogen) atoms. The lowest BCUT2D eigenvalue weighted by Gasteiger charge is -2.16. The quantitative estimate of drug-likeness (QED) is 0.435. The lowest BCUT2D eigenvalue weighted by Crippen LogP contribution is -2.42. The molecule has 2 rings (SSSR count). The van der Waals surface area contributed by atoms with E-state index in [1.165, 1.54) is 25.7 Å². The Hall–Kier alpha value is -0.570. The summed E-state index contributed by atoms with van der Waals surface area (Å²) in [6.45, 7) is 3.61. The highest BCUT2D eigenvalue weighted by Crippen LogP contribution is 2.19. The molecule has 1 aromatic rings. The molecule has 0 aliphatic heterocycles. The first-order valence-corrected chi connectivity index (χ1v) is 8.23.